The number of amides is 4. The second kappa shape index (κ2) is 20.9. The number of likely N-dealkylation sites (tertiary alicyclic amines) is 2. The highest BCUT2D eigenvalue weighted by molar-refractivity contribution is 5.90. The Kier molecular flexibility index (Phi) is 15.7. The van der Waals surface area contributed by atoms with Gasteiger partial charge in [-0.3, -0.25) is 28.3 Å². The Bertz CT molecular complexity index is 2300. The van der Waals surface area contributed by atoms with E-state index in [0.29, 0.717) is 49.0 Å². The molecule has 2 aliphatic rings. The van der Waals surface area contributed by atoms with Crippen LogP contribution in [0.3, 0.4) is 0 Å². The van der Waals surface area contributed by atoms with Crippen LogP contribution in [0, 0.1) is 22.7 Å². The van der Waals surface area contributed by atoms with Crippen LogP contribution in [0.25, 0.3) is 33.6 Å². The summed E-state index contributed by atoms with van der Waals surface area (Å²) in [6, 6.07) is 13.3. The number of rotatable bonds is 13. The normalized spacial score (nSPS) is 17.3. The quantitative estimate of drug-likeness (QED) is 0.131. The number of methoxy groups -OCH3 is 2. The molecule has 16 heteroatoms. The van der Waals surface area contributed by atoms with Gasteiger partial charge in [0.25, 0.3) is 0 Å². The van der Waals surface area contributed by atoms with E-state index in [1.54, 1.807) is 31.3 Å². The van der Waals surface area contributed by atoms with E-state index in [9.17, 15) is 28.8 Å². The van der Waals surface area contributed by atoms with E-state index in [1.807, 2.05) is 118 Å². The molecule has 2 aliphatic heterocycles. The molecule has 2 saturated heterocycles. The van der Waals surface area contributed by atoms with Crippen molar-refractivity contribution in [2.75, 3.05) is 27.3 Å². The van der Waals surface area contributed by atoms with Gasteiger partial charge in [-0.1, -0.05) is 118 Å². The number of hydrogen-bond donors (Lipinski definition) is 2. The minimum Gasteiger partial charge on any atom is -0.453 e. The van der Waals surface area contributed by atoms with Crippen LogP contribution in [0.2, 0.25) is 0 Å². The number of alkyl carbamates (subject to hydrolysis) is 2. The van der Waals surface area contributed by atoms with Crippen LogP contribution >= 0.6 is 0 Å². The van der Waals surface area contributed by atoms with Crippen molar-refractivity contribution in [3.05, 3.63) is 72.6 Å². The Hall–Kier alpha value is -6.32. The van der Waals surface area contributed by atoms with Crippen molar-refractivity contribution in [1.82, 2.24) is 39.5 Å². The Morgan fingerprint density at radius 3 is 1.19 bits per heavy atom. The third-order valence-electron chi connectivity index (χ3n) is 12.6. The zero-order chi connectivity index (χ0) is 49.8. The molecule has 2 fully saturated rings. The van der Waals surface area contributed by atoms with Crippen LogP contribution < -0.4 is 10.6 Å². The predicted molar refractivity (Wildman–Crippen MR) is 259 cm³/mol. The van der Waals surface area contributed by atoms with Crippen molar-refractivity contribution in [2.24, 2.45) is 22.7 Å². The average molecular weight is 935 g/mol. The number of carbonyl (C=O) groups is 6. The fraction of sp³-hybridized carbons (Fsp3) is 0.538. The molecule has 4 amide bonds. The minimum atomic E-state index is -0.810. The molecule has 4 heterocycles. The van der Waals surface area contributed by atoms with E-state index in [1.165, 1.54) is 14.2 Å². The summed E-state index contributed by atoms with van der Waals surface area (Å²) in [5.41, 5.74) is 4.02. The molecule has 0 aliphatic carbocycles. The van der Waals surface area contributed by atoms with E-state index in [2.05, 4.69) is 10.6 Å². The standard InChI is InChI=1S/C52H70N8O8/c1-31(2)43(55-49(65)67-11)47(63)57-25-13-15-37(57)45-53-29-39(59(45)41(61)27-51(5,6)7)35-21-17-33(18-22-35)34-19-23-36(24-20-34)40-30-54-46(60(40)42(62)28-52(8,9)10)38-16-14-26-58(38)48(64)44(32(3)4)56-50(66)68-12/h17-24,29-32,37-38,43-44H,13-16,25-28H2,1-12H3,(H,55,65)(H,56,66)/t37-,38-,43-,44-/m0/s1. The summed E-state index contributed by atoms with van der Waals surface area (Å²) in [5, 5.41) is 5.40. The molecule has 2 aromatic heterocycles. The van der Waals surface area contributed by atoms with Gasteiger partial charge in [0.15, 0.2) is 0 Å². The first-order valence-electron chi connectivity index (χ1n) is 23.8. The summed E-state index contributed by atoms with van der Waals surface area (Å²) in [7, 11) is 2.53. The SMILES string of the molecule is COC(=O)N[C@H](C(=O)N1CCC[C@H]1c1ncc(-c2ccc(-c3ccc(-c4cnc([C@@H]5CCCN5C(=O)[C@@H](NC(=O)OC)C(C)C)n4C(=O)CC(C)(C)C)cc3)cc2)n1C(=O)CC(C)(C)C)C(C)C. The van der Waals surface area contributed by atoms with Crippen molar-refractivity contribution < 1.29 is 38.2 Å². The highest BCUT2D eigenvalue weighted by Crippen LogP contribution is 2.39. The number of benzene rings is 2. The second-order valence-corrected chi connectivity index (χ2v) is 21.2. The minimum absolute atomic E-state index is 0.127. The van der Waals surface area contributed by atoms with Crippen LogP contribution in [-0.2, 0) is 19.1 Å². The maximum absolute atomic E-state index is 14.3. The predicted octanol–water partition coefficient (Wildman–Crippen LogP) is 9.32. The van der Waals surface area contributed by atoms with Gasteiger partial charge in [0.1, 0.15) is 23.7 Å². The molecule has 6 rings (SSSR count). The van der Waals surface area contributed by atoms with Crippen molar-refractivity contribution in [3.63, 3.8) is 0 Å². The number of carbonyl (C=O) groups excluding carboxylic acids is 6. The zero-order valence-electron chi connectivity index (χ0n) is 41.8. The van der Waals surface area contributed by atoms with Crippen LogP contribution in [0.15, 0.2) is 60.9 Å². The molecule has 0 radical (unpaired) electrons. The highest BCUT2D eigenvalue weighted by atomic mass is 16.5. The largest absolute Gasteiger partial charge is 0.453 e. The molecule has 366 valence electrons. The first-order valence-corrected chi connectivity index (χ1v) is 23.8. The fourth-order valence-corrected chi connectivity index (χ4v) is 9.22. The van der Waals surface area contributed by atoms with E-state index in [4.69, 9.17) is 19.4 Å². The number of ether oxygens (including phenoxy) is 2. The monoisotopic (exact) mass is 935 g/mol. The van der Waals surface area contributed by atoms with Gasteiger partial charge in [0.2, 0.25) is 23.6 Å². The van der Waals surface area contributed by atoms with Crippen LogP contribution in [0.5, 0.6) is 0 Å². The molecule has 4 aromatic rings. The van der Waals surface area contributed by atoms with Gasteiger partial charge in [0, 0.05) is 37.1 Å². The molecular formula is C52H70N8O8. The van der Waals surface area contributed by atoms with Gasteiger partial charge in [-0.25, -0.2) is 19.6 Å². The van der Waals surface area contributed by atoms with Gasteiger partial charge in [0.05, 0.1) is 50.1 Å². The fourth-order valence-electron chi connectivity index (χ4n) is 9.22. The van der Waals surface area contributed by atoms with E-state index in [0.717, 1.165) is 35.1 Å². The van der Waals surface area contributed by atoms with Crippen molar-refractivity contribution >= 4 is 35.8 Å². The van der Waals surface area contributed by atoms with Crippen molar-refractivity contribution in [3.8, 4) is 33.6 Å². The zero-order valence-corrected chi connectivity index (χ0v) is 41.8. The first-order chi connectivity index (χ1) is 32.0. The topological polar surface area (TPSA) is 187 Å². The summed E-state index contributed by atoms with van der Waals surface area (Å²) in [5.74, 6) is -0.174. The number of aromatic nitrogens is 4. The molecule has 0 saturated carbocycles. The van der Waals surface area contributed by atoms with Crippen LogP contribution in [-0.4, -0.2) is 104 Å². The Labute approximate surface area is 400 Å². The summed E-state index contributed by atoms with van der Waals surface area (Å²) >= 11 is 0. The molecule has 0 unspecified atom stereocenters. The lowest BCUT2D eigenvalue weighted by molar-refractivity contribution is -0.136. The molecular weight excluding hydrogens is 865 g/mol. The Morgan fingerprint density at radius 1 is 0.574 bits per heavy atom. The highest BCUT2D eigenvalue weighted by Gasteiger charge is 2.41. The molecule has 68 heavy (non-hydrogen) atoms. The molecule has 2 aromatic carbocycles. The van der Waals surface area contributed by atoms with Crippen molar-refractivity contribution in [2.45, 2.75) is 132 Å². The van der Waals surface area contributed by atoms with Crippen molar-refractivity contribution in [1.29, 1.82) is 0 Å². The summed E-state index contributed by atoms with van der Waals surface area (Å²) in [6.07, 6.45) is 5.20. The van der Waals surface area contributed by atoms with Gasteiger partial charge >= 0.3 is 12.2 Å². The van der Waals surface area contributed by atoms with Crippen LogP contribution in [0.4, 0.5) is 9.59 Å². The number of hydrogen-bond acceptors (Lipinski definition) is 10. The summed E-state index contributed by atoms with van der Waals surface area (Å²) in [4.78, 5) is 94.2. The van der Waals surface area contributed by atoms with Gasteiger partial charge in [-0.2, -0.15) is 0 Å². The Morgan fingerprint density at radius 2 is 0.897 bits per heavy atom. The smallest absolute Gasteiger partial charge is 0.407 e. The second-order valence-electron chi connectivity index (χ2n) is 21.2. The number of imidazole rings is 2. The van der Waals surface area contributed by atoms with Gasteiger partial charge in [-0.15, -0.1) is 0 Å². The molecule has 4 atom stereocenters. The number of nitrogens with zero attached hydrogens (tertiary/aromatic N) is 6. The summed E-state index contributed by atoms with van der Waals surface area (Å²) in [6.45, 7) is 20.5. The first kappa shape index (κ1) is 51.1. The molecule has 0 bridgehead atoms. The Balaban J connectivity index is 1.30. The third kappa shape index (κ3) is 11.5. The molecule has 0 spiro atoms. The average Bonchev–Trinajstić information content (AvgIpc) is 4.11. The van der Waals surface area contributed by atoms with Gasteiger partial charge < -0.3 is 29.9 Å². The number of nitrogens with one attached hydrogen (secondary N) is 2. The van der Waals surface area contributed by atoms with Gasteiger partial charge in [-0.05, 0) is 59.5 Å². The third-order valence-corrected chi connectivity index (χ3v) is 12.6. The van der Waals surface area contributed by atoms with E-state index >= 15 is 0 Å². The lowest BCUT2D eigenvalue weighted by Crippen LogP contribution is -2.51. The maximum atomic E-state index is 14.3. The molecule has 16 nitrogen and oxygen atoms in total. The summed E-state index contributed by atoms with van der Waals surface area (Å²) < 4.78 is 13.0. The maximum Gasteiger partial charge on any atom is 0.407 e. The lowest BCUT2D eigenvalue weighted by atomic mass is 9.91. The van der Waals surface area contributed by atoms with Crippen LogP contribution in [0.1, 0.15) is 141 Å². The molecule has 2 N–H and O–H groups in total. The van der Waals surface area contributed by atoms with E-state index < -0.39 is 36.4 Å². The van der Waals surface area contributed by atoms with E-state index in [-0.39, 0.29) is 59.1 Å². The lowest BCUT2D eigenvalue weighted by Gasteiger charge is -2.31.